The van der Waals surface area contributed by atoms with Gasteiger partial charge in [-0.15, -0.1) is 0 Å². The number of ether oxygens (including phenoxy) is 2. The van der Waals surface area contributed by atoms with Crippen molar-refractivity contribution < 1.29 is 26.5 Å². The van der Waals surface area contributed by atoms with E-state index in [2.05, 4.69) is 4.18 Å². The fraction of sp³-hybridized carbons (Fsp3) is 0.250. The molecule has 0 aliphatic heterocycles. The molecular formula is C20H20O7S. The van der Waals surface area contributed by atoms with E-state index in [1.54, 1.807) is 18.2 Å². The van der Waals surface area contributed by atoms with Crippen LogP contribution in [0.2, 0.25) is 0 Å². The Bertz CT molecular complexity index is 1120. The van der Waals surface area contributed by atoms with Crippen molar-refractivity contribution in [1.82, 2.24) is 0 Å². The summed E-state index contributed by atoms with van der Waals surface area (Å²) < 4.78 is 43.0. The number of hydrogen-bond acceptors (Lipinski definition) is 7. The summed E-state index contributed by atoms with van der Waals surface area (Å²) in [5, 5.41) is 0.703. The van der Waals surface area contributed by atoms with E-state index in [4.69, 9.17) is 13.9 Å². The van der Waals surface area contributed by atoms with Crippen molar-refractivity contribution in [2.24, 2.45) is 0 Å². The first kappa shape index (κ1) is 19.9. The number of fused-ring (bicyclic) bond motifs is 1. The van der Waals surface area contributed by atoms with Crippen molar-refractivity contribution in [3.05, 3.63) is 59.0 Å². The molecule has 0 radical (unpaired) electrons. The van der Waals surface area contributed by atoms with Crippen LogP contribution < -0.4 is 15.1 Å². The molecular weight excluding hydrogens is 384 g/mol. The molecule has 0 N–H and O–H groups in total. The zero-order valence-electron chi connectivity index (χ0n) is 15.5. The van der Waals surface area contributed by atoms with Gasteiger partial charge in [-0.05, 0) is 17.7 Å². The Kier molecular flexibility index (Phi) is 6.01. The van der Waals surface area contributed by atoms with Gasteiger partial charge in [0.15, 0.2) is 0 Å². The molecule has 1 aromatic heterocycles. The van der Waals surface area contributed by atoms with Gasteiger partial charge >= 0.3 is 5.63 Å². The molecule has 0 amide bonds. The van der Waals surface area contributed by atoms with Crippen LogP contribution in [0.1, 0.15) is 6.42 Å². The van der Waals surface area contributed by atoms with Crippen LogP contribution in [-0.4, -0.2) is 35.0 Å². The van der Waals surface area contributed by atoms with Crippen LogP contribution in [0.4, 0.5) is 0 Å². The van der Waals surface area contributed by atoms with E-state index >= 15 is 0 Å². The lowest BCUT2D eigenvalue weighted by Gasteiger charge is -2.13. The summed E-state index contributed by atoms with van der Waals surface area (Å²) in [6.07, 6.45) is 1.27. The lowest BCUT2D eigenvalue weighted by molar-refractivity contribution is 0.246. The monoisotopic (exact) mass is 404 g/mol. The number of methoxy groups -OCH3 is 1. The molecule has 0 spiro atoms. The van der Waals surface area contributed by atoms with Gasteiger partial charge < -0.3 is 13.9 Å². The Balaban J connectivity index is 1.99. The molecule has 0 unspecified atom stereocenters. The third-order valence-electron chi connectivity index (χ3n) is 3.97. The predicted molar refractivity (Wildman–Crippen MR) is 105 cm³/mol. The van der Waals surface area contributed by atoms with Gasteiger partial charge in [-0.25, -0.2) is 4.79 Å². The molecule has 0 saturated heterocycles. The van der Waals surface area contributed by atoms with Crippen molar-refractivity contribution in [2.75, 3.05) is 26.6 Å². The Hall–Kier alpha value is -2.84. The van der Waals surface area contributed by atoms with Crippen molar-refractivity contribution in [3.8, 4) is 22.6 Å². The van der Waals surface area contributed by atoms with E-state index in [0.29, 0.717) is 28.7 Å². The maximum Gasteiger partial charge on any atom is 0.379 e. The average molecular weight is 404 g/mol. The van der Waals surface area contributed by atoms with Gasteiger partial charge in [-0.1, -0.05) is 30.3 Å². The van der Waals surface area contributed by atoms with Crippen LogP contribution >= 0.6 is 0 Å². The van der Waals surface area contributed by atoms with Gasteiger partial charge in [0.25, 0.3) is 10.1 Å². The largest absolute Gasteiger partial charge is 0.497 e. The van der Waals surface area contributed by atoms with Gasteiger partial charge in [0.2, 0.25) is 5.75 Å². The Labute approximate surface area is 162 Å². The maximum absolute atomic E-state index is 12.6. The summed E-state index contributed by atoms with van der Waals surface area (Å²) in [4.78, 5) is 12.6. The summed E-state index contributed by atoms with van der Waals surface area (Å²) in [6, 6.07) is 14.6. The van der Waals surface area contributed by atoms with E-state index < -0.39 is 15.7 Å². The highest BCUT2D eigenvalue weighted by Crippen LogP contribution is 2.36. The number of hydrogen-bond donors (Lipinski definition) is 0. The number of benzene rings is 2. The SMILES string of the molecule is COc1ccc2c(-c3ccccc3)c(OCCCOS(C)(=O)=O)c(=O)oc2c1. The zero-order valence-corrected chi connectivity index (χ0v) is 16.3. The third-order valence-corrected chi connectivity index (χ3v) is 4.56. The standard InChI is InChI=1S/C20H20O7S/c1-24-15-9-10-16-17(13-15)27-20(21)19(18(16)14-7-4-3-5-8-14)25-11-6-12-26-28(2,22)23/h3-5,7-10,13H,6,11-12H2,1-2H3. The van der Waals surface area contributed by atoms with E-state index in [-0.39, 0.29) is 19.0 Å². The fourth-order valence-electron chi connectivity index (χ4n) is 2.76. The first-order valence-corrected chi connectivity index (χ1v) is 10.4. The van der Waals surface area contributed by atoms with Gasteiger partial charge in [0, 0.05) is 23.4 Å². The molecule has 0 atom stereocenters. The summed E-state index contributed by atoms with van der Waals surface area (Å²) in [7, 11) is -1.98. The molecule has 7 nitrogen and oxygen atoms in total. The Morgan fingerprint density at radius 3 is 2.46 bits per heavy atom. The minimum atomic E-state index is -3.51. The van der Waals surface area contributed by atoms with Crippen molar-refractivity contribution in [1.29, 1.82) is 0 Å². The minimum Gasteiger partial charge on any atom is -0.497 e. The van der Waals surface area contributed by atoms with Crippen LogP contribution in [0.25, 0.3) is 22.1 Å². The lowest BCUT2D eigenvalue weighted by Crippen LogP contribution is -2.13. The molecule has 3 aromatic rings. The lowest BCUT2D eigenvalue weighted by atomic mass is 10.0. The van der Waals surface area contributed by atoms with Crippen molar-refractivity contribution in [3.63, 3.8) is 0 Å². The molecule has 0 bridgehead atoms. The highest BCUT2D eigenvalue weighted by molar-refractivity contribution is 7.85. The van der Waals surface area contributed by atoms with E-state index in [1.807, 2.05) is 30.3 Å². The molecule has 148 valence electrons. The summed E-state index contributed by atoms with van der Waals surface area (Å²) in [5.41, 5.74) is 1.17. The topological polar surface area (TPSA) is 92.0 Å². The van der Waals surface area contributed by atoms with Crippen LogP contribution in [0.15, 0.2) is 57.7 Å². The van der Waals surface area contributed by atoms with Crippen molar-refractivity contribution in [2.45, 2.75) is 6.42 Å². The average Bonchev–Trinajstić information content (AvgIpc) is 2.67. The quantitative estimate of drug-likeness (QED) is 0.323. The molecule has 3 rings (SSSR count). The molecule has 8 heteroatoms. The van der Waals surface area contributed by atoms with Crippen LogP contribution in [0, 0.1) is 0 Å². The first-order valence-electron chi connectivity index (χ1n) is 8.56. The van der Waals surface area contributed by atoms with Crippen molar-refractivity contribution >= 4 is 21.1 Å². The van der Waals surface area contributed by atoms with Gasteiger partial charge in [0.1, 0.15) is 11.3 Å². The fourth-order valence-corrected chi connectivity index (χ4v) is 3.18. The van der Waals surface area contributed by atoms with Crippen LogP contribution in [-0.2, 0) is 14.3 Å². The molecule has 2 aromatic carbocycles. The van der Waals surface area contributed by atoms with Gasteiger partial charge in [-0.2, -0.15) is 8.42 Å². The molecule has 0 fully saturated rings. The van der Waals surface area contributed by atoms with E-state index in [1.165, 1.54) is 7.11 Å². The third kappa shape index (κ3) is 4.71. The van der Waals surface area contributed by atoms with Crippen LogP contribution in [0.3, 0.4) is 0 Å². The zero-order chi connectivity index (χ0) is 20.1. The summed E-state index contributed by atoms with van der Waals surface area (Å²) in [5.74, 6) is 0.643. The Morgan fingerprint density at radius 1 is 1.04 bits per heavy atom. The highest BCUT2D eigenvalue weighted by atomic mass is 32.2. The van der Waals surface area contributed by atoms with Gasteiger partial charge in [-0.3, -0.25) is 4.18 Å². The molecule has 0 aliphatic carbocycles. The minimum absolute atomic E-state index is 0.0321. The van der Waals surface area contributed by atoms with E-state index in [9.17, 15) is 13.2 Å². The first-order chi connectivity index (χ1) is 13.4. The highest BCUT2D eigenvalue weighted by Gasteiger charge is 2.18. The molecule has 28 heavy (non-hydrogen) atoms. The molecule has 1 heterocycles. The Morgan fingerprint density at radius 2 is 1.79 bits per heavy atom. The number of rotatable bonds is 8. The smallest absolute Gasteiger partial charge is 0.379 e. The van der Waals surface area contributed by atoms with Gasteiger partial charge in [0.05, 0.1) is 26.6 Å². The maximum atomic E-state index is 12.6. The second-order valence-corrected chi connectivity index (χ2v) is 7.69. The molecule has 0 saturated carbocycles. The molecule has 0 aliphatic rings. The van der Waals surface area contributed by atoms with Crippen LogP contribution in [0.5, 0.6) is 11.5 Å². The summed E-state index contributed by atoms with van der Waals surface area (Å²) >= 11 is 0. The normalized spacial score (nSPS) is 11.5. The second kappa shape index (κ2) is 8.45. The second-order valence-electron chi connectivity index (χ2n) is 6.05. The van der Waals surface area contributed by atoms with E-state index in [0.717, 1.165) is 11.8 Å². The summed E-state index contributed by atoms with van der Waals surface area (Å²) in [6.45, 7) is 0.0669. The predicted octanol–water partition coefficient (Wildman–Crippen LogP) is 3.21.